The highest BCUT2D eigenvalue weighted by Gasteiger charge is 2.10. The van der Waals surface area contributed by atoms with Gasteiger partial charge in [0.1, 0.15) is 23.3 Å². The monoisotopic (exact) mass is 424 g/mol. The third-order valence-electron chi connectivity index (χ3n) is 4.81. The Balaban J connectivity index is 1.44. The lowest BCUT2D eigenvalue weighted by Gasteiger charge is -2.11. The number of benzene rings is 2. The zero-order valence-electron chi connectivity index (χ0n) is 18.2. The number of hydrogen-bond acceptors (Lipinski definition) is 6. The van der Waals surface area contributed by atoms with Gasteiger partial charge in [-0.3, -0.25) is 4.79 Å². The maximum atomic E-state index is 12.6. The van der Waals surface area contributed by atoms with Crippen molar-refractivity contribution < 1.29 is 4.79 Å². The molecular formula is C25H24N6O. The number of rotatable bonds is 6. The van der Waals surface area contributed by atoms with Crippen molar-refractivity contribution in [1.29, 1.82) is 0 Å². The quantitative estimate of drug-likeness (QED) is 0.377. The standard InChI is InChI=1S/C25H24N6O/c1-16-7-8-17(2)21(14-16)25(32)30-20-11-9-19(10-12-20)29-23-15-24(28-18(3)27-23)31-22-6-4-5-13-26-22/h4-15H,1-3H3,(H,30,32)(H2,26,27,28,29,31). The average molecular weight is 425 g/mol. The molecule has 0 unspecified atom stereocenters. The molecule has 0 atom stereocenters. The van der Waals surface area contributed by atoms with Crippen LogP contribution in [-0.4, -0.2) is 20.9 Å². The number of carbonyl (C=O) groups is 1. The zero-order chi connectivity index (χ0) is 22.5. The van der Waals surface area contributed by atoms with E-state index in [9.17, 15) is 4.79 Å². The van der Waals surface area contributed by atoms with Gasteiger partial charge >= 0.3 is 0 Å². The van der Waals surface area contributed by atoms with Gasteiger partial charge in [-0.1, -0.05) is 23.8 Å². The van der Waals surface area contributed by atoms with E-state index >= 15 is 0 Å². The third-order valence-corrected chi connectivity index (χ3v) is 4.81. The van der Waals surface area contributed by atoms with Gasteiger partial charge < -0.3 is 16.0 Å². The molecule has 2 heterocycles. The summed E-state index contributed by atoms with van der Waals surface area (Å²) in [5.74, 6) is 2.52. The molecule has 2 aromatic heterocycles. The average Bonchev–Trinajstić information content (AvgIpc) is 2.77. The first-order valence-electron chi connectivity index (χ1n) is 10.3. The number of nitrogens with zero attached hydrogens (tertiary/aromatic N) is 3. The van der Waals surface area contributed by atoms with Crippen LogP contribution in [-0.2, 0) is 0 Å². The lowest BCUT2D eigenvalue weighted by molar-refractivity contribution is 0.102. The number of pyridine rings is 1. The number of nitrogens with one attached hydrogen (secondary N) is 3. The van der Waals surface area contributed by atoms with E-state index in [1.165, 1.54) is 0 Å². The smallest absolute Gasteiger partial charge is 0.255 e. The first kappa shape index (κ1) is 21.0. The van der Waals surface area contributed by atoms with E-state index in [2.05, 4.69) is 30.9 Å². The number of anilines is 5. The largest absolute Gasteiger partial charge is 0.340 e. The molecule has 2 aromatic carbocycles. The van der Waals surface area contributed by atoms with Crippen molar-refractivity contribution in [3.63, 3.8) is 0 Å². The van der Waals surface area contributed by atoms with E-state index in [4.69, 9.17) is 0 Å². The summed E-state index contributed by atoms with van der Waals surface area (Å²) in [7, 11) is 0. The molecule has 0 radical (unpaired) electrons. The number of amides is 1. The molecular weight excluding hydrogens is 400 g/mol. The summed E-state index contributed by atoms with van der Waals surface area (Å²) >= 11 is 0. The van der Waals surface area contributed by atoms with Crippen LogP contribution < -0.4 is 16.0 Å². The summed E-state index contributed by atoms with van der Waals surface area (Å²) in [4.78, 5) is 25.7. The molecule has 0 aliphatic rings. The molecule has 4 aromatic rings. The number of aromatic nitrogens is 3. The second kappa shape index (κ2) is 9.26. The molecule has 0 saturated heterocycles. The van der Waals surface area contributed by atoms with Gasteiger partial charge in [0.15, 0.2) is 0 Å². The van der Waals surface area contributed by atoms with E-state index in [-0.39, 0.29) is 5.91 Å². The fourth-order valence-corrected chi connectivity index (χ4v) is 3.23. The van der Waals surface area contributed by atoms with E-state index in [1.54, 1.807) is 6.20 Å². The topological polar surface area (TPSA) is 91.8 Å². The molecule has 3 N–H and O–H groups in total. The Morgan fingerprint density at radius 2 is 1.47 bits per heavy atom. The summed E-state index contributed by atoms with van der Waals surface area (Å²) in [5.41, 5.74) is 4.24. The Bertz CT molecular complexity index is 1240. The number of hydrogen-bond donors (Lipinski definition) is 3. The van der Waals surface area contributed by atoms with E-state index in [0.717, 1.165) is 22.5 Å². The summed E-state index contributed by atoms with van der Waals surface area (Å²) in [6, 6.07) is 20.8. The third kappa shape index (κ3) is 5.26. The van der Waals surface area contributed by atoms with Crippen LogP contribution in [0.2, 0.25) is 0 Å². The molecule has 0 aliphatic carbocycles. The molecule has 4 rings (SSSR count). The molecule has 0 bridgehead atoms. The first-order valence-corrected chi connectivity index (χ1v) is 10.3. The van der Waals surface area contributed by atoms with Gasteiger partial charge in [0.25, 0.3) is 5.91 Å². The van der Waals surface area contributed by atoms with Crippen molar-refractivity contribution in [3.05, 3.63) is 95.4 Å². The van der Waals surface area contributed by atoms with Crippen LogP contribution in [0.3, 0.4) is 0 Å². The van der Waals surface area contributed by atoms with E-state index in [0.29, 0.717) is 28.8 Å². The van der Waals surface area contributed by atoms with Crippen LogP contribution in [0.5, 0.6) is 0 Å². The Morgan fingerprint density at radius 1 is 0.750 bits per heavy atom. The molecule has 0 fully saturated rings. The lowest BCUT2D eigenvalue weighted by atomic mass is 10.1. The van der Waals surface area contributed by atoms with Gasteiger partial charge in [0, 0.05) is 29.2 Å². The second-order valence-corrected chi connectivity index (χ2v) is 7.50. The Hall–Kier alpha value is -4.26. The Morgan fingerprint density at radius 3 is 2.19 bits per heavy atom. The van der Waals surface area contributed by atoms with Crippen LogP contribution in [0.15, 0.2) is 72.9 Å². The SMILES string of the molecule is Cc1ccc(C)c(C(=O)Nc2ccc(Nc3cc(Nc4ccccn4)nc(C)n3)cc2)c1. The molecule has 32 heavy (non-hydrogen) atoms. The molecule has 0 saturated carbocycles. The van der Waals surface area contributed by atoms with Gasteiger partial charge in [0.2, 0.25) is 0 Å². The fraction of sp³-hybridized carbons (Fsp3) is 0.120. The zero-order valence-corrected chi connectivity index (χ0v) is 18.2. The lowest BCUT2D eigenvalue weighted by Crippen LogP contribution is -2.13. The minimum absolute atomic E-state index is 0.122. The normalized spacial score (nSPS) is 10.5. The first-order chi connectivity index (χ1) is 15.5. The van der Waals surface area contributed by atoms with Crippen molar-refractivity contribution in [2.75, 3.05) is 16.0 Å². The number of carbonyl (C=O) groups excluding carboxylic acids is 1. The number of aryl methyl sites for hydroxylation is 3. The van der Waals surface area contributed by atoms with Gasteiger partial charge in [-0.2, -0.15) is 0 Å². The summed E-state index contributed by atoms with van der Waals surface area (Å²) < 4.78 is 0. The predicted molar refractivity (Wildman–Crippen MR) is 128 cm³/mol. The van der Waals surface area contributed by atoms with Crippen LogP contribution in [0.4, 0.5) is 28.8 Å². The summed E-state index contributed by atoms with van der Waals surface area (Å²) in [5, 5.41) is 9.40. The maximum Gasteiger partial charge on any atom is 0.255 e. The fourth-order valence-electron chi connectivity index (χ4n) is 3.23. The van der Waals surface area contributed by atoms with Crippen LogP contribution in [0, 0.1) is 20.8 Å². The van der Waals surface area contributed by atoms with Gasteiger partial charge in [0.05, 0.1) is 0 Å². The minimum atomic E-state index is -0.122. The van der Waals surface area contributed by atoms with Crippen molar-refractivity contribution in [3.8, 4) is 0 Å². The van der Waals surface area contributed by atoms with Crippen molar-refractivity contribution in [2.24, 2.45) is 0 Å². The van der Waals surface area contributed by atoms with Crippen molar-refractivity contribution in [1.82, 2.24) is 15.0 Å². The van der Waals surface area contributed by atoms with Crippen molar-refractivity contribution >= 4 is 34.7 Å². The molecule has 1 amide bonds. The Labute approximate surface area is 187 Å². The molecule has 0 aliphatic heterocycles. The van der Waals surface area contributed by atoms with E-state index < -0.39 is 0 Å². The Kier molecular flexibility index (Phi) is 6.07. The van der Waals surface area contributed by atoms with Gasteiger partial charge in [-0.15, -0.1) is 0 Å². The van der Waals surface area contributed by atoms with Crippen LogP contribution in [0.25, 0.3) is 0 Å². The van der Waals surface area contributed by atoms with Gasteiger partial charge in [-0.25, -0.2) is 15.0 Å². The molecule has 7 heteroatoms. The summed E-state index contributed by atoms with van der Waals surface area (Å²) in [6.07, 6.45) is 1.72. The maximum absolute atomic E-state index is 12.6. The van der Waals surface area contributed by atoms with E-state index in [1.807, 2.05) is 87.5 Å². The molecule has 7 nitrogen and oxygen atoms in total. The highest BCUT2D eigenvalue weighted by atomic mass is 16.1. The van der Waals surface area contributed by atoms with Crippen molar-refractivity contribution in [2.45, 2.75) is 20.8 Å². The highest BCUT2D eigenvalue weighted by Crippen LogP contribution is 2.22. The van der Waals surface area contributed by atoms with Gasteiger partial charge in [-0.05, 0) is 68.8 Å². The van der Waals surface area contributed by atoms with Crippen LogP contribution in [0.1, 0.15) is 27.3 Å². The summed E-state index contributed by atoms with van der Waals surface area (Å²) in [6.45, 7) is 5.74. The molecule has 0 spiro atoms. The minimum Gasteiger partial charge on any atom is -0.340 e. The molecule has 160 valence electrons. The van der Waals surface area contributed by atoms with Crippen LogP contribution >= 0.6 is 0 Å². The highest BCUT2D eigenvalue weighted by molar-refractivity contribution is 6.05. The predicted octanol–water partition coefficient (Wildman–Crippen LogP) is 5.54. The second-order valence-electron chi connectivity index (χ2n) is 7.50.